The molecule has 2 aromatic heterocycles. The zero-order valence-corrected chi connectivity index (χ0v) is 18.4. The van der Waals surface area contributed by atoms with Crippen molar-refractivity contribution in [3.05, 3.63) is 53.9 Å². The molecule has 3 rings (SSSR count). The Hall–Kier alpha value is -2.36. The van der Waals surface area contributed by atoms with Crippen molar-refractivity contribution in [3.8, 4) is 0 Å². The van der Waals surface area contributed by atoms with Crippen LogP contribution >= 0.6 is 24.0 Å². The number of anilines is 1. The first kappa shape index (κ1) is 20.9. The topological polar surface area (TPSA) is 70.4 Å². The third kappa shape index (κ3) is 5.09. The Morgan fingerprint density at radius 2 is 1.89 bits per heavy atom. The molecule has 0 spiro atoms. The number of pyridine rings is 1. The van der Waals surface area contributed by atoms with Gasteiger partial charge in [0.05, 0.1) is 17.8 Å². The Morgan fingerprint density at radius 1 is 1.15 bits per heavy atom. The van der Waals surface area contributed by atoms with Crippen molar-refractivity contribution < 1.29 is 0 Å². The first-order valence-corrected chi connectivity index (χ1v) is 8.56. The highest BCUT2D eigenvalue weighted by Crippen LogP contribution is 2.21. The van der Waals surface area contributed by atoms with E-state index in [0.29, 0.717) is 13.1 Å². The lowest BCUT2D eigenvalue weighted by atomic mass is 10.1. The van der Waals surface area contributed by atoms with E-state index in [1.165, 1.54) is 5.56 Å². The number of aryl methyl sites for hydroxylation is 1. The lowest BCUT2D eigenvalue weighted by molar-refractivity contribution is 0.684. The predicted molar refractivity (Wildman–Crippen MR) is 122 cm³/mol. The quantitative estimate of drug-likeness (QED) is 0.335. The van der Waals surface area contributed by atoms with Crippen molar-refractivity contribution in [2.45, 2.75) is 13.1 Å². The molecule has 0 saturated heterocycles. The molecular formula is C19H26IN7. The summed E-state index contributed by atoms with van der Waals surface area (Å²) in [6.45, 7) is 1.32. The third-order valence-corrected chi connectivity index (χ3v) is 4.28. The number of guanidine groups is 1. The molecular weight excluding hydrogens is 453 g/mol. The van der Waals surface area contributed by atoms with Gasteiger partial charge in [0.2, 0.25) is 0 Å². The molecule has 144 valence electrons. The minimum absolute atomic E-state index is 0. The van der Waals surface area contributed by atoms with Crippen LogP contribution in [0.3, 0.4) is 0 Å². The number of aromatic nitrogens is 3. The molecule has 2 N–H and O–H groups in total. The van der Waals surface area contributed by atoms with Crippen LogP contribution in [-0.4, -0.2) is 41.9 Å². The number of halogens is 1. The van der Waals surface area contributed by atoms with Crippen LogP contribution in [0, 0.1) is 0 Å². The zero-order valence-electron chi connectivity index (χ0n) is 16.1. The Morgan fingerprint density at radius 3 is 2.56 bits per heavy atom. The summed E-state index contributed by atoms with van der Waals surface area (Å²) in [5, 5.41) is 12.0. The molecule has 0 aliphatic rings. The number of rotatable bonds is 5. The van der Waals surface area contributed by atoms with Crippen LogP contribution in [0.4, 0.5) is 5.82 Å². The van der Waals surface area contributed by atoms with Gasteiger partial charge < -0.3 is 15.5 Å². The molecule has 1 aromatic carbocycles. The number of fused-ring (bicyclic) bond motifs is 1. The van der Waals surface area contributed by atoms with Gasteiger partial charge in [-0.3, -0.25) is 9.67 Å². The van der Waals surface area contributed by atoms with Crippen LogP contribution in [0.25, 0.3) is 10.9 Å². The van der Waals surface area contributed by atoms with E-state index in [1.54, 1.807) is 13.2 Å². The number of hydrogen-bond acceptors (Lipinski definition) is 4. The molecule has 27 heavy (non-hydrogen) atoms. The van der Waals surface area contributed by atoms with Crippen LogP contribution in [0.5, 0.6) is 0 Å². The summed E-state index contributed by atoms with van der Waals surface area (Å²) in [7, 11) is 7.71. The minimum Gasteiger partial charge on any atom is -0.363 e. The Balaban J connectivity index is 0.00000261. The highest BCUT2D eigenvalue weighted by Gasteiger charge is 2.08. The molecule has 0 radical (unpaired) electrons. The van der Waals surface area contributed by atoms with Crippen molar-refractivity contribution in [2.75, 3.05) is 26.0 Å². The predicted octanol–water partition coefficient (Wildman–Crippen LogP) is 2.52. The number of hydrogen-bond donors (Lipinski definition) is 2. The minimum atomic E-state index is 0. The zero-order chi connectivity index (χ0) is 18.5. The standard InChI is InChI=1S/C19H25N7.HI/c1-20-19(22-13-15-9-10-23-26(15)4)21-12-14-11-18(25(2)3)24-17-8-6-5-7-16(14)17;/h5-11H,12-13H2,1-4H3,(H2,20,21,22);1H. The van der Waals surface area contributed by atoms with E-state index in [0.717, 1.165) is 28.4 Å². The molecule has 3 aromatic rings. The number of para-hydroxylation sites is 1. The summed E-state index contributed by atoms with van der Waals surface area (Å²) in [6, 6.07) is 12.3. The molecule has 0 unspecified atom stereocenters. The van der Waals surface area contributed by atoms with Gasteiger partial charge >= 0.3 is 0 Å². The van der Waals surface area contributed by atoms with Crippen LogP contribution in [-0.2, 0) is 20.1 Å². The average Bonchev–Trinajstić information content (AvgIpc) is 3.06. The fourth-order valence-corrected chi connectivity index (χ4v) is 2.76. The highest BCUT2D eigenvalue weighted by atomic mass is 127. The fraction of sp³-hybridized carbons (Fsp3) is 0.316. The van der Waals surface area contributed by atoms with Gasteiger partial charge in [-0.05, 0) is 23.8 Å². The molecule has 0 aliphatic heterocycles. The first-order valence-electron chi connectivity index (χ1n) is 8.56. The number of aliphatic imine (C=N–C) groups is 1. The van der Waals surface area contributed by atoms with E-state index in [-0.39, 0.29) is 24.0 Å². The fourth-order valence-electron chi connectivity index (χ4n) is 2.76. The van der Waals surface area contributed by atoms with Crippen molar-refractivity contribution in [2.24, 2.45) is 12.0 Å². The van der Waals surface area contributed by atoms with E-state index < -0.39 is 0 Å². The van der Waals surface area contributed by atoms with Crippen LogP contribution in [0.2, 0.25) is 0 Å². The molecule has 2 heterocycles. The van der Waals surface area contributed by atoms with Gasteiger partial charge in [0.15, 0.2) is 5.96 Å². The van der Waals surface area contributed by atoms with Gasteiger partial charge in [-0.25, -0.2) is 4.98 Å². The average molecular weight is 479 g/mol. The first-order chi connectivity index (χ1) is 12.6. The molecule has 0 bridgehead atoms. The Bertz CT molecular complexity index is 917. The smallest absolute Gasteiger partial charge is 0.191 e. The molecule has 0 amide bonds. The Labute approximate surface area is 176 Å². The van der Waals surface area contributed by atoms with Gasteiger partial charge in [0.1, 0.15) is 5.82 Å². The lowest BCUT2D eigenvalue weighted by Gasteiger charge is -2.17. The van der Waals surface area contributed by atoms with Gasteiger partial charge in [-0.1, -0.05) is 18.2 Å². The molecule has 8 heteroatoms. The van der Waals surface area contributed by atoms with E-state index in [1.807, 2.05) is 55.0 Å². The molecule has 7 nitrogen and oxygen atoms in total. The highest BCUT2D eigenvalue weighted by molar-refractivity contribution is 14.0. The summed E-state index contributed by atoms with van der Waals surface area (Å²) in [6.07, 6.45) is 1.79. The number of nitrogens with one attached hydrogen (secondary N) is 2. The van der Waals surface area contributed by atoms with Gasteiger partial charge in [0, 0.05) is 46.3 Å². The summed E-state index contributed by atoms with van der Waals surface area (Å²) in [5.74, 6) is 1.69. The maximum absolute atomic E-state index is 4.71. The number of benzene rings is 1. The second-order valence-electron chi connectivity index (χ2n) is 6.28. The lowest BCUT2D eigenvalue weighted by Crippen LogP contribution is -2.36. The van der Waals surface area contributed by atoms with Crippen LogP contribution in [0.15, 0.2) is 47.6 Å². The van der Waals surface area contributed by atoms with E-state index >= 15 is 0 Å². The van der Waals surface area contributed by atoms with Gasteiger partial charge in [-0.15, -0.1) is 24.0 Å². The maximum Gasteiger partial charge on any atom is 0.191 e. The van der Waals surface area contributed by atoms with Crippen molar-refractivity contribution in [1.29, 1.82) is 0 Å². The van der Waals surface area contributed by atoms with Crippen molar-refractivity contribution in [1.82, 2.24) is 25.4 Å². The molecule has 0 atom stereocenters. The molecule has 0 saturated carbocycles. The summed E-state index contributed by atoms with van der Waals surface area (Å²) < 4.78 is 1.85. The van der Waals surface area contributed by atoms with Crippen LogP contribution in [0.1, 0.15) is 11.3 Å². The van der Waals surface area contributed by atoms with Gasteiger partial charge in [0.25, 0.3) is 0 Å². The second-order valence-corrected chi connectivity index (χ2v) is 6.28. The summed E-state index contributed by atoms with van der Waals surface area (Å²) in [4.78, 5) is 11.0. The summed E-state index contributed by atoms with van der Waals surface area (Å²) in [5.41, 5.74) is 3.27. The van der Waals surface area contributed by atoms with E-state index in [9.17, 15) is 0 Å². The monoisotopic (exact) mass is 479 g/mol. The maximum atomic E-state index is 4.71. The second kappa shape index (κ2) is 9.54. The van der Waals surface area contributed by atoms with Gasteiger partial charge in [-0.2, -0.15) is 5.10 Å². The molecule has 0 fully saturated rings. The van der Waals surface area contributed by atoms with Crippen molar-refractivity contribution in [3.63, 3.8) is 0 Å². The largest absolute Gasteiger partial charge is 0.363 e. The SMILES string of the molecule is CN=C(NCc1cc(N(C)C)nc2ccccc12)NCc1ccnn1C.I. The normalized spacial score (nSPS) is 11.2. The van der Waals surface area contributed by atoms with Crippen LogP contribution < -0.4 is 15.5 Å². The van der Waals surface area contributed by atoms with E-state index in [4.69, 9.17) is 4.98 Å². The summed E-state index contributed by atoms with van der Waals surface area (Å²) >= 11 is 0. The molecule has 0 aliphatic carbocycles. The number of nitrogens with zero attached hydrogens (tertiary/aromatic N) is 5. The third-order valence-electron chi connectivity index (χ3n) is 4.28. The Kier molecular flexibility index (Phi) is 7.40. The van der Waals surface area contributed by atoms with E-state index in [2.05, 4.69) is 32.9 Å². The van der Waals surface area contributed by atoms with Crippen molar-refractivity contribution >= 4 is 46.7 Å².